The Morgan fingerprint density at radius 1 is 1.08 bits per heavy atom. The van der Waals surface area contributed by atoms with Crippen molar-refractivity contribution in [3.63, 3.8) is 0 Å². The molecule has 0 radical (unpaired) electrons. The number of hydrogen-bond acceptors (Lipinski definition) is 12. The molecule has 1 aliphatic carbocycles. The Labute approximate surface area is 286 Å². The molecule has 1 aliphatic heterocycles. The predicted octanol–water partition coefficient (Wildman–Crippen LogP) is 6.45. The summed E-state index contributed by atoms with van der Waals surface area (Å²) < 4.78 is 63.9. The zero-order chi connectivity index (χ0) is 35.9. The fourth-order valence-electron chi connectivity index (χ4n) is 5.95. The maximum atomic E-state index is 13.2. The number of amides is 1. The molecule has 1 amide bonds. The summed E-state index contributed by atoms with van der Waals surface area (Å²) in [7, 11) is 0. The van der Waals surface area contributed by atoms with Gasteiger partial charge < -0.3 is 34.9 Å². The maximum Gasteiger partial charge on any atom is 0.408 e. The van der Waals surface area contributed by atoms with Crippen LogP contribution in [0.1, 0.15) is 60.6 Å². The van der Waals surface area contributed by atoms with Crippen molar-refractivity contribution < 1.29 is 41.7 Å². The molecule has 1 aromatic carbocycles. The number of ether oxygens (including phenoxy) is 4. The number of carbonyl (C=O) groups is 2. The summed E-state index contributed by atoms with van der Waals surface area (Å²) in [6.07, 6.45) is -5.77. The quantitative estimate of drug-likeness (QED) is 0.200. The third-order valence-corrected chi connectivity index (χ3v) is 9.03. The van der Waals surface area contributed by atoms with Gasteiger partial charge in [0.05, 0.1) is 40.2 Å². The van der Waals surface area contributed by atoms with Gasteiger partial charge in [-0.15, -0.1) is 11.3 Å². The molecule has 2 aliphatic rings. The summed E-state index contributed by atoms with van der Waals surface area (Å²) in [6, 6.07) is 6.21. The molecule has 49 heavy (non-hydrogen) atoms. The highest BCUT2D eigenvalue weighted by Crippen LogP contribution is 2.44. The number of carbonyl (C=O) groups excluding carboxylic acids is 2. The van der Waals surface area contributed by atoms with Crippen molar-refractivity contribution in [3.8, 4) is 10.6 Å². The molecule has 3 heterocycles. The first kappa shape index (κ1) is 36.5. The summed E-state index contributed by atoms with van der Waals surface area (Å²) in [5.74, 6) is -2.07. The zero-order valence-corrected chi connectivity index (χ0v) is 29.5. The van der Waals surface area contributed by atoms with Crippen molar-refractivity contribution in [2.45, 2.75) is 104 Å². The van der Waals surface area contributed by atoms with E-state index >= 15 is 0 Å². The van der Waals surface area contributed by atoms with Crippen LogP contribution < -0.4 is 16.0 Å². The lowest BCUT2D eigenvalue weighted by Gasteiger charge is -2.26. The maximum absolute atomic E-state index is 13.2. The van der Waals surface area contributed by atoms with E-state index in [1.54, 1.807) is 55.4 Å². The number of thiazole rings is 1. The Bertz CT molecular complexity index is 1640. The Hall–Kier alpha value is -3.76. The number of halogens is 3. The van der Waals surface area contributed by atoms with Crippen molar-refractivity contribution in [1.29, 1.82) is 0 Å². The number of rotatable bonds is 10. The van der Waals surface area contributed by atoms with Gasteiger partial charge in [-0.25, -0.2) is 19.6 Å². The highest BCUT2D eigenvalue weighted by atomic mass is 32.1. The van der Waals surface area contributed by atoms with Gasteiger partial charge in [0.15, 0.2) is 5.79 Å². The van der Waals surface area contributed by atoms with Gasteiger partial charge in [0.1, 0.15) is 35.1 Å². The summed E-state index contributed by atoms with van der Waals surface area (Å²) >= 11 is 1.42. The molecule has 5 rings (SSSR count). The lowest BCUT2D eigenvalue weighted by molar-refractivity contribution is -0.163. The van der Waals surface area contributed by atoms with Gasteiger partial charge in [0, 0.05) is 5.92 Å². The van der Waals surface area contributed by atoms with Crippen LogP contribution >= 0.6 is 11.3 Å². The molecule has 3 N–H and O–H groups in total. The van der Waals surface area contributed by atoms with Crippen LogP contribution in [0, 0.1) is 18.8 Å². The van der Waals surface area contributed by atoms with Crippen LogP contribution in [0.15, 0.2) is 24.3 Å². The number of fused-ring (bicyclic) bond motifs is 2. The number of esters is 1. The van der Waals surface area contributed by atoms with Gasteiger partial charge in [0.25, 0.3) is 0 Å². The number of benzene rings is 1. The first-order valence-corrected chi connectivity index (χ1v) is 16.9. The summed E-state index contributed by atoms with van der Waals surface area (Å²) in [6.45, 7) is 12.7. The Kier molecular flexibility index (Phi) is 10.3. The van der Waals surface area contributed by atoms with Gasteiger partial charge in [-0.05, 0) is 66.0 Å². The minimum Gasteiger partial charge on any atom is -0.464 e. The highest BCUT2D eigenvalue weighted by molar-refractivity contribution is 7.21. The second-order valence-corrected chi connectivity index (χ2v) is 15.2. The Balaban J connectivity index is 1.39. The van der Waals surface area contributed by atoms with E-state index in [0.29, 0.717) is 22.7 Å². The van der Waals surface area contributed by atoms with Gasteiger partial charge in [0.2, 0.25) is 5.95 Å². The number of aryl methyl sites for hydroxylation is 1. The first-order valence-electron chi connectivity index (χ1n) is 16.1. The van der Waals surface area contributed by atoms with Crippen LogP contribution in [0.4, 0.5) is 29.7 Å². The Morgan fingerprint density at radius 3 is 2.43 bits per heavy atom. The third kappa shape index (κ3) is 9.08. The molecule has 3 aromatic rings. The largest absolute Gasteiger partial charge is 0.464 e. The number of alkyl carbamates (subject to hydrolysis) is 1. The van der Waals surface area contributed by atoms with E-state index in [9.17, 15) is 22.8 Å². The smallest absolute Gasteiger partial charge is 0.408 e. The molecule has 1 saturated heterocycles. The van der Waals surface area contributed by atoms with Gasteiger partial charge in [-0.2, -0.15) is 18.2 Å². The van der Waals surface area contributed by atoms with Crippen LogP contribution in [-0.2, 0) is 23.7 Å². The minimum absolute atomic E-state index is 0.0250. The normalized spacial score (nSPS) is 22.5. The third-order valence-electron chi connectivity index (χ3n) is 7.98. The first-order chi connectivity index (χ1) is 22.8. The number of nitrogens with one attached hydrogen (secondary N) is 3. The lowest BCUT2D eigenvalue weighted by atomic mass is 10.0. The Morgan fingerprint density at radius 2 is 1.78 bits per heavy atom. The molecule has 2 fully saturated rings. The molecule has 0 bridgehead atoms. The molecule has 0 unspecified atom stereocenters. The molecule has 5 atom stereocenters. The van der Waals surface area contributed by atoms with Crippen molar-refractivity contribution in [2.75, 3.05) is 23.8 Å². The molecule has 2 aromatic heterocycles. The molecule has 16 heteroatoms. The van der Waals surface area contributed by atoms with E-state index in [-0.39, 0.29) is 30.2 Å². The molecular weight excluding hydrogens is 665 g/mol. The average molecular weight is 709 g/mol. The average Bonchev–Trinajstić information content (AvgIpc) is 3.63. The van der Waals surface area contributed by atoms with Gasteiger partial charge in [-0.3, -0.25) is 0 Å². The zero-order valence-electron chi connectivity index (χ0n) is 28.7. The van der Waals surface area contributed by atoms with Gasteiger partial charge in [-0.1, -0.05) is 26.0 Å². The molecule has 1 saturated carbocycles. The van der Waals surface area contributed by atoms with Crippen molar-refractivity contribution >= 4 is 45.4 Å². The monoisotopic (exact) mass is 708 g/mol. The summed E-state index contributed by atoms with van der Waals surface area (Å²) in [4.78, 5) is 39.3. The standard InChI is InChI=1S/C33H43F3N6O6S/c1-16(2)23(41-30(44)48-31(4,5)6)28(43)45-14-18-13-20(25-24(18)46-32(7,8)47-25)39-26-22(27-40-19-11-9-10-12-21(19)49-27)17(3)38-29(42-26)37-15-33(34,35)36/h9-12,16,18,20,23-25H,13-15H2,1-8H3,(H,41,44)(H2,37,38,39,42)/t18-,20-,23+,24-,25+/m1/s1. The molecule has 0 spiro atoms. The van der Waals surface area contributed by atoms with Gasteiger partial charge >= 0.3 is 18.2 Å². The number of nitrogens with zero attached hydrogens (tertiary/aromatic N) is 3. The number of anilines is 2. The van der Waals surface area contributed by atoms with Crippen molar-refractivity contribution in [2.24, 2.45) is 11.8 Å². The summed E-state index contributed by atoms with van der Waals surface area (Å²) in [5.41, 5.74) is 1.01. The molecular formula is C33H43F3N6O6S. The van der Waals surface area contributed by atoms with E-state index in [1.807, 2.05) is 24.3 Å². The van der Waals surface area contributed by atoms with E-state index in [1.165, 1.54) is 11.3 Å². The summed E-state index contributed by atoms with van der Waals surface area (Å²) in [5, 5.41) is 8.92. The van der Waals surface area contributed by atoms with Crippen LogP contribution in [0.3, 0.4) is 0 Å². The highest BCUT2D eigenvalue weighted by Gasteiger charge is 2.54. The second kappa shape index (κ2) is 13.9. The van der Waals surface area contributed by atoms with Crippen LogP contribution in [0.25, 0.3) is 20.8 Å². The number of hydrogen-bond donors (Lipinski definition) is 3. The van der Waals surface area contributed by atoms with Crippen molar-refractivity contribution in [3.05, 3.63) is 30.0 Å². The van der Waals surface area contributed by atoms with Crippen LogP contribution in [0.2, 0.25) is 0 Å². The topological polar surface area (TPSA) is 146 Å². The van der Waals surface area contributed by atoms with E-state index in [4.69, 9.17) is 23.9 Å². The number of alkyl halides is 3. The lowest BCUT2D eigenvalue weighted by Crippen LogP contribution is -2.47. The van der Waals surface area contributed by atoms with E-state index < -0.39 is 60.5 Å². The fraction of sp³-hybridized carbons (Fsp3) is 0.606. The number of para-hydroxylation sites is 1. The molecule has 12 nitrogen and oxygen atoms in total. The van der Waals surface area contributed by atoms with Crippen LogP contribution in [0.5, 0.6) is 0 Å². The predicted molar refractivity (Wildman–Crippen MR) is 178 cm³/mol. The SMILES string of the molecule is Cc1nc(NCC(F)(F)F)nc(N[C@@H]2C[C@H](COC(=O)[C@@H](NC(=O)OC(C)(C)C)C(C)C)[C@H]3OC(C)(C)O[C@H]32)c1-c1nc2ccccc2s1. The second-order valence-electron chi connectivity index (χ2n) is 14.1. The molecule has 268 valence electrons. The fourth-order valence-corrected chi connectivity index (χ4v) is 7.01. The van der Waals surface area contributed by atoms with Crippen molar-refractivity contribution in [1.82, 2.24) is 20.3 Å². The van der Waals surface area contributed by atoms with E-state index in [2.05, 4.69) is 25.9 Å². The van der Waals surface area contributed by atoms with E-state index in [0.717, 1.165) is 10.2 Å². The minimum atomic E-state index is -4.47. The number of aromatic nitrogens is 3. The van der Waals surface area contributed by atoms with Crippen LogP contribution in [-0.4, -0.2) is 82.0 Å².